The highest BCUT2D eigenvalue weighted by Crippen LogP contribution is 2.28. The van der Waals surface area contributed by atoms with Gasteiger partial charge in [0.2, 0.25) is 5.91 Å². The van der Waals surface area contributed by atoms with Crippen LogP contribution in [-0.4, -0.2) is 29.1 Å². The van der Waals surface area contributed by atoms with Crippen molar-refractivity contribution in [3.63, 3.8) is 0 Å². The van der Waals surface area contributed by atoms with Gasteiger partial charge < -0.3 is 21.5 Å². The first-order valence-electron chi connectivity index (χ1n) is 6.46. The molecule has 0 aliphatic heterocycles. The molecule has 0 saturated heterocycles. The number of primary amides is 1. The molecule has 0 radical (unpaired) electrons. The molecule has 1 aromatic heterocycles. The number of aryl methyl sites for hydroxylation is 1. The summed E-state index contributed by atoms with van der Waals surface area (Å²) in [4.78, 5) is 34.5. The van der Waals surface area contributed by atoms with Gasteiger partial charge in [-0.15, -0.1) is 11.3 Å². The summed E-state index contributed by atoms with van der Waals surface area (Å²) in [6.07, 6.45) is 0.659. The van der Waals surface area contributed by atoms with E-state index in [1.54, 1.807) is 19.2 Å². The Morgan fingerprint density at radius 1 is 1.43 bits per heavy atom. The highest BCUT2D eigenvalue weighted by atomic mass is 32.1. The lowest BCUT2D eigenvalue weighted by Gasteiger charge is -2.22. The van der Waals surface area contributed by atoms with Crippen LogP contribution in [0.2, 0.25) is 0 Å². The zero-order valence-corrected chi connectivity index (χ0v) is 12.9. The summed E-state index contributed by atoms with van der Waals surface area (Å²) in [5.41, 5.74) is 6.00. The topological polar surface area (TPSA) is 122 Å². The van der Waals surface area contributed by atoms with Crippen LogP contribution in [-0.2, 0) is 4.79 Å². The standard InChI is InChI=1S/C13H19N3O4S/c1-4-6(2)9(16-13(14)20)11(17)15-8-7(3)5-21-10(8)12(18)19/h5-6,9H,4H2,1-3H3,(H,15,17)(H,18,19)(H3,14,16,20). The summed E-state index contributed by atoms with van der Waals surface area (Å²) in [7, 11) is 0. The van der Waals surface area contributed by atoms with Crippen molar-refractivity contribution in [3.05, 3.63) is 15.8 Å². The highest BCUT2D eigenvalue weighted by molar-refractivity contribution is 7.12. The maximum absolute atomic E-state index is 12.3. The molecule has 3 amide bonds. The van der Waals surface area contributed by atoms with Gasteiger partial charge in [0.05, 0.1) is 5.69 Å². The van der Waals surface area contributed by atoms with Crippen LogP contribution in [0.3, 0.4) is 0 Å². The molecule has 0 aliphatic carbocycles. The SMILES string of the molecule is CCC(C)C(NC(N)=O)C(=O)Nc1c(C)csc1C(=O)O. The summed E-state index contributed by atoms with van der Waals surface area (Å²) in [6, 6.07) is -1.61. The van der Waals surface area contributed by atoms with Crippen molar-refractivity contribution in [2.24, 2.45) is 11.7 Å². The minimum atomic E-state index is -1.11. The van der Waals surface area contributed by atoms with E-state index in [9.17, 15) is 14.4 Å². The molecule has 0 spiro atoms. The number of carbonyl (C=O) groups is 3. The van der Waals surface area contributed by atoms with E-state index in [0.29, 0.717) is 12.0 Å². The molecule has 0 fully saturated rings. The van der Waals surface area contributed by atoms with Gasteiger partial charge in [0.1, 0.15) is 10.9 Å². The van der Waals surface area contributed by atoms with Crippen LogP contribution in [0.4, 0.5) is 10.5 Å². The van der Waals surface area contributed by atoms with E-state index in [1.165, 1.54) is 0 Å². The quantitative estimate of drug-likeness (QED) is 0.639. The summed E-state index contributed by atoms with van der Waals surface area (Å²) in [5, 5.41) is 15.7. The number of carboxylic acid groups (broad SMARTS) is 1. The molecule has 2 unspecified atom stereocenters. The molecule has 1 heterocycles. The third kappa shape index (κ3) is 4.19. The molecule has 21 heavy (non-hydrogen) atoms. The summed E-state index contributed by atoms with van der Waals surface area (Å²) < 4.78 is 0. The lowest BCUT2D eigenvalue weighted by Crippen LogP contribution is -2.49. The number of hydrogen-bond donors (Lipinski definition) is 4. The molecule has 0 bridgehead atoms. The average Bonchev–Trinajstić information content (AvgIpc) is 2.76. The summed E-state index contributed by atoms with van der Waals surface area (Å²) >= 11 is 1.04. The molecule has 116 valence electrons. The zero-order valence-electron chi connectivity index (χ0n) is 12.1. The molecule has 1 aromatic rings. The second-order valence-electron chi connectivity index (χ2n) is 4.79. The number of aromatic carboxylic acids is 1. The summed E-state index contributed by atoms with van der Waals surface area (Å²) in [5.74, 6) is -1.72. The van der Waals surface area contributed by atoms with E-state index in [2.05, 4.69) is 10.6 Å². The molecule has 5 N–H and O–H groups in total. The van der Waals surface area contributed by atoms with Gasteiger partial charge in [-0.05, 0) is 23.8 Å². The van der Waals surface area contributed by atoms with Crippen LogP contribution >= 0.6 is 11.3 Å². The number of hydrogen-bond acceptors (Lipinski definition) is 4. The van der Waals surface area contributed by atoms with Gasteiger partial charge in [0.15, 0.2) is 0 Å². The maximum atomic E-state index is 12.3. The zero-order chi connectivity index (χ0) is 16.2. The van der Waals surface area contributed by atoms with Crippen LogP contribution in [0.25, 0.3) is 0 Å². The van der Waals surface area contributed by atoms with Gasteiger partial charge in [0, 0.05) is 0 Å². The molecular formula is C13H19N3O4S. The first kappa shape index (κ1) is 17.0. The monoisotopic (exact) mass is 313 g/mol. The van der Waals surface area contributed by atoms with E-state index >= 15 is 0 Å². The normalized spacial score (nSPS) is 13.3. The van der Waals surface area contributed by atoms with Crippen molar-refractivity contribution in [2.45, 2.75) is 33.2 Å². The minimum absolute atomic E-state index is 0.0582. The smallest absolute Gasteiger partial charge is 0.348 e. The minimum Gasteiger partial charge on any atom is -0.477 e. The summed E-state index contributed by atoms with van der Waals surface area (Å²) in [6.45, 7) is 5.39. The third-order valence-electron chi connectivity index (χ3n) is 3.21. The van der Waals surface area contributed by atoms with E-state index < -0.39 is 23.9 Å². The van der Waals surface area contributed by atoms with Gasteiger partial charge in [0.25, 0.3) is 0 Å². The fraction of sp³-hybridized carbons (Fsp3) is 0.462. The Labute approximate surface area is 126 Å². The van der Waals surface area contributed by atoms with Crippen LogP contribution < -0.4 is 16.4 Å². The van der Waals surface area contributed by atoms with E-state index in [-0.39, 0.29) is 16.5 Å². The molecule has 0 aromatic carbocycles. The Bertz CT molecular complexity index is 556. The first-order valence-corrected chi connectivity index (χ1v) is 7.34. The van der Waals surface area contributed by atoms with Gasteiger partial charge >= 0.3 is 12.0 Å². The van der Waals surface area contributed by atoms with Crippen molar-refractivity contribution in [1.82, 2.24) is 5.32 Å². The van der Waals surface area contributed by atoms with Crippen LogP contribution in [0.5, 0.6) is 0 Å². The molecule has 1 rings (SSSR count). The number of thiophene rings is 1. The molecule has 0 aliphatic rings. The largest absolute Gasteiger partial charge is 0.477 e. The van der Waals surface area contributed by atoms with Gasteiger partial charge in [-0.1, -0.05) is 20.3 Å². The van der Waals surface area contributed by atoms with Gasteiger partial charge in [-0.2, -0.15) is 0 Å². The number of nitrogens with one attached hydrogen (secondary N) is 2. The molecular weight excluding hydrogens is 294 g/mol. The van der Waals surface area contributed by atoms with Crippen molar-refractivity contribution in [2.75, 3.05) is 5.32 Å². The van der Waals surface area contributed by atoms with Crippen LogP contribution in [0.1, 0.15) is 35.5 Å². The number of carboxylic acids is 1. The van der Waals surface area contributed by atoms with Crippen molar-refractivity contribution < 1.29 is 19.5 Å². The predicted octanol–water partition coefficient (Wildman–Crippen LogP) is 1.78. The average molecular weight is 313 g/mol. The maximum Gasteiger partial charge on any atom is 0.348 e. The number of anilines is 1. The van der Waals surface area contributed by atoms with Crippen LogP contribution in [0, 0.1) is 12.8 Å². The number of rotatable bonds is 6. The van der Waals surface area contributed by atoms with Crippen molar-refractivity contribution >= 4 is 34.9 Å². The third-order valence-corrected chi connectivity index (χ3v) is 4.30. The Morgan fingerprint density at radius 2 is 2.05 bits per heavy atom. The Hall–Kier alpha value is -2.09. The highest BCUT2D eigenvalue weighted by Gasteiger charge is 2.27. The number of urea groups is 1. The first-order chi connectivity index (χ1) is 9.77. The molecule has 7 nitrogen and oxygen atoms in total. The van der Waals surface area contributed by atoms with Gasteiger partial charge in [-0.25, -0.2) is 9.59 Å². The van der Waals surface area contributed by atoms with Gasteiger partial charge in [-0.3, -0.25) is 4.79 Å². The number of carbonyl (C=O) groups excluding carboxylic acids is 2. The second kappa shape index (κ2) is 7.07. The molecule has 8 heteroatoms. The fourth-order valence-electron chi connectivity index (χ4n) is 1.81. The van der Waals surface area contributed by atoms with Crippen molar-refractivity contribution in [3.8, 4) is 0 Å². The number of nitrogens with two attached hydrogens (primary N) is 1. The molecule has 2 atom stereocenters. The molecule has 0 saturated carbocycles. The lowest BCUT2D eigenvalue weighted by molar-refractivity contribution is -0.119. The van der Waals surface area contributed by atoms with Crippen molar-refractivity contribution in [1.29, 1.82) is 0 Å². The van der Waals surface area contributed by atoms with E-state index in [4.69, 9.17) is 10.8 Å². The van der Waals surface area contributed by atoms with E-state index in [1.807, 2.05) is 6.92 Å². The predicted molar refractivity (Wildman–Crippen MR) is 80.6 cm³/mol. The van der Waals surface area contributed by atoms with Crippen LogP contribution in [0.15, 0.2) is 5.38 Å². The Kier molecular flexibility index (Phi) is 5.71. The second-order valence-corrected chi connectivity index (χ2v) is 5.67. The Balaban J connectivity index is 2.99. The Morgan fingerprint density at radius 3 is 2.52 bits per heavy atom. The lowest BCUT2D eigenvalue weighted by atomic mass is 9.98. The number of amides is 3. The fourth-order valence-corrected chi connectivity index (χ4v) is 2.66. The van der Waals surface area contributed by atoms with E-state index in [0.717, 1.165) is 11.3 Å².